The van der Waals surface area contributed by atoms with Crippen molar-refractivity contribution in [2.75, 3.05) is 18.5 Å². The highest BCUT2D eigenvalue weighted by Crippen LogP contribution is 2.38. The number of amides is 3. The maximum atomic E-state index is 12.7. The second-order valence-electron chi connectivity index (χ2n) is 6.24. The third-order valence-electron chi connectivity index (χ3n) is 4.26. The van der Waals surface area contributed by atoms with E-state index in [9.17, 15) is 14.4 Å². The zero-order chi connectivity index (χ0) is 19.9. The number of para-hydroxylation sites is 1. The van der Waals surface area contributed by atoms with Crippen LogP contribution in [-0.2, 0) is 22.4 Å². The predicted molar refractivity (Wildman–Crippen MR) is 106 cm³/mol. The number of carbonyl (C=O) groups excluding carboxylic acids is 3. The van der Waals surface area contributed by atoms with Crippen molar-refractivity contribution in [1.82, 2.24) is 5.32 Å². The van der Waals surface area contributed by atoms with Crippen LogP contribution < -0.4 is 15.4 Å². The molecule has 0 aliphatic heterocycles. The molecule has 3 amide bonds. The van der Waals surface area contributed by atoms with Crippen LogP contribution in [-0.4, -0.2) is 31.1 Å². The standard InChI is InChI=1S/C20H22N2O5S/c1-2-26-20(25)22-18(24)17-14-10-6-7-11-15(14)28-19(17)21-16(23)12-27-13-8-4-3-5-9-13/h3-5,8-9H,2,6-7,10-12H2,1H3,(H,21,23)(H,22,24,25). The van der Waals surface area contributed by atoms with Crippen LogP contribution in [0.4, 0.5) is 9.80 Å². The summed E-state index contributed by atoms with van der Waals surface area (Å²) in [5, 5.41) is 5.43. The lowest BCUT2D eigenvalue weighted by molar-refractivity contribution is -0.118. The largest absolute Gasteiger partial charge is 0.484 e. The minimum Gasteiger partial charge on any atom is -0.484 e. The first kappa shape index (κ1) is 19.9. The Labute approximate surface area is 167 Å². The molecule has 0 fully saturated rings. The molecular weight excluding hydrogens is 380 g/mol. The number of carbonyl (C=O) groups is 3. The Balaban J connectivity index is 1.74. The highest BCUT2D eigenvalue weighted by atomic mass is 32.1. The average Bonchev–Trinajstić information content (AvgIpc) is 3.05. The average molecular weight is 402 g/mol. The van der Waals surface area contributed by atoms with Crippen molar-refractivity contribution in [1.29, 1.82) is 0 Å². The molecule has 148 valence electrons. The van der Waals surface area contributed by atoms with Crippen LogP contribution in [0.2, 0.25) is 0 Å². The second-order valence-corrected chi connectivity index (χ2v) is 7.34. The summed E-state index contributed by atoms with van der Waals surface area (Å²) in [5.74, 6) is -0.340. The molecule has 0 bridgehead atoms. The fraction of sp³-hybridized carbons (Fsp3) is 0.350. The first-order chi connectivity index (χ1) is 13.6. The van der Waals surface area contributed by atoms with Crippen LogP contribution in [0, 0.1) is 0 Å². The molecule has 0 unspecified atom stereocenters. The number of hydrogen-bond donors (Lipinski definition) is 2. The van der Waals surface area contributed by atoms with Crippen molar-refractivity contribution in [3.63, 3.8) is 0 Å². The Kier molecular flexibility index (Phi) is 6.65. The fourth-order valence-corrected chi connectivity index (χ4v) is 4.35. The lowest BCUT2D eigenvalue weighted by Crippen LogP contribution is -2.32. The summed E-state index contributed by atoms with van der Waals surface area (Å²) in [6, 6.07) is 9.01. The van der Waals surface area contributed by atoms with Gasteiger partial charge in [0.1, 0.15) is 10.8 Å². The van der Waals surface area contributed by atoms with Crippen LogP contribution in [0.15, 0.2) is 30.3 Å². The molecule has 0 saturated heterocycles. The number of rotatable bonds is 6. The van der Waals surface area contributed by atoms with Gasteiger partial charge in [-0.1, -0.05) is 18.2 Å². The third kappa shape index (κ3) is 4.89. The molecule has 2 aromatic rings. The van der Waals surface area contributed by atoms with Crippen LogP contribution in [0.5, 0.6) is 5.75 Å². The highest BCUT2D eigenvalue weighted by molar-refractivity contribution is 7.17. The highest BCUT2D eigenvalue weighted by Gasteiger charge is 2.27. The molecule has 7 nitrogen and oxygen atoms in total. The smallest absolute Gasteiger partial charge is 0.414 e. The maximum absolute atomic E-state index is 12.7. The number of aryl methyl sites for hydroxylation is 1. The number of benzene rings is 1. The lowest BCUT2D eigenvalue weighted by atomic mass is 9.95. The number of anilines is 1. The molecule has 0 atom stereocenters. The summed E-state index contributed by atoms with van der Waals surface area (Å²) >= 11 is 1.38. The fourth-order valence-electron chi connectivity index (χ4n) is 3.04. The second kappa shape index (κ2) is 9.36. The lowest BCUT2D eigenvalue weighted by Gasteiger charge is -2.13. The summed E-state index contributed by atoms with van der Waals surface area (Å²) in [5.41, 5.74) is 1.25. The molecular formula is C20H22N2O5S. The zero-order valence-electron chi connectivity index (χ0n) is 15.6. The number of ether oxygens (including phenoxy) is 2. The Morgan fingerprint density at radius 1 is 1.11 bits per heavy atom. The van der Waals surface area contributed by atoms with Crippen molar-refractivity contribution < 1.29 is 23.9 Å². The predicted octanol–water partition coefficient (Wildman–Crippen LogP) is 3.53. The van der Waals surface area contributed by atoms with E-state index in [1.165, 1.54) is 11.3 Å². The molecule has 1 aromatic heterocycles. The van der Waals surface area contributed by atoms with Gasteiger partial charge < -0.3 is 14.8 Å². The van der Waals surface area contributed by atoms with Gasteiger partial charge in [0.2, 0.25) is 0 Å². The van der Waals surface area contributed by atoms with E-state index in [1.807, 2.05) is 18.2 Å². The van der Waals surface area contributed by atoms with E-state index in [0.717, 1.165) is 36.1 Å². The van der Waals surface area contributed by atoms with Crippen molar-refractivity contribution in [3.05, 3.63) is 46.3 Å². The summed E-state index contributed by atoms with van der Waals surface area (Å²) in [6.45, 7) is 1.65. The summed E-state index contributed by atoms with van der Waals surface area (Å²) in [4.78, 5) is 37.7. The van der Waals surface area contributed by atoms with Crippen LogP contribution >= 0.6 is 11.3 Å². The Bertz CT molecular complexity index is 863. The number of thiophene rings is 1. The van der Waals surface area contributed by atoms with E-state index in [-0.39, 0.29) is 19.1 Å². The minimum atomic E-state index is -0.798. The van der Waals surface area contributed by atoms with Gasteiger partial charge in [0.15, 0.2) is 6.61 Å². The Morgan fingerprint density at radius 3 is 2.61 bits per heavy atom. The van der Waals surface area contributed by atoms with Crippen molar-refractivity contribution >= 4 is 34.2 Å². The maximum Gasteiger partial charge on any atom is 0.414 e. The van der Waals surface area contributed by atoms with Crippen LogP contribution in [0.25, 0.3) is 0 Å². The SMILES string of the molecule is CCOC(=O)NC(=O)c1c(NC(=O)COc2ccccc2)sc2c1CCCC2. The Morgan fingerprint density at radius 2 is 1.86 bits per heavy atom. The van der Waals surface area contributed by atoms with Gasteiger partial charge >= 0.3 is 6.09 Å². The molecule has 0 radical (unpaired) electrons. The van der Waals surface area contributed by atoms with Gasteiger partial charge in [-0.3, -0.25) is 14.9 Å². The van der Waals surface area contributed by atoms with E-state index in [4.69, 9.17) is 9.47 Å². The quantitative estimate of drug-likeness (QED) is 0.771. The minimum absolute atomic E-state index is 0.168. The molecule has 3 rings (SSSR count). The van der Waals surface area contributed by atoms with E-state index in [1.54, 1.807) is 19.1 Å². The molecule has 1 aliphatic carbocycles. The molecule has 2 N–H and O–H groups in total. The van der Waals surface area contributed by atoms with Crippen molar-refractivity contribution in [2.45, 2.75) is 32.6 Å². The number of imide groups is 1. The van der Waals surface area contributed by atoms with E-state index in [0.29, 0.717) is 16.3 Å². The molecule has 0 saturated carbocycles. The molecule has 28 heavy (non-hydrogen) atoms. The normalized spacial score (nSPS) is 12.6. The van der Waals surface area contributed by atoms with Crippen molar-refractivity contribution in [3.8, 4) is 5.75 Å². The van der Waals surface area contributed by atoms with Crippen molar-refractivity contribution in [2.24, 2.45) is 0 Å². The van der Waals surface area contributed by atoms with Gasteiger partial charge in [0.05, 0.1) is 12.2 Å². The number of alkyl carbamates (subject to hydrolysis) is 1. The van der Waals surface area contributed by atoms with Gasteiger partial charge in [-0.2, -0.15) is 0 Å². The van der Waals surface area contributed by atoms with Gasteiger partial charge in [-0.15, -0.1) is 11.3 Å². The zero-order valence-corrected chi connectivity index (χ0v) is 16.4. The monoisotopic (exact) mass is 402 g/mol. The number of fused-ring (bicyclic) bond motifs is 1. The van der Waals surface area contributed by atoms with Crippen LogP contribution in [0.3, 0.4) is 0 Å². The van der Waals surface area contributed by atoms with Gasteiger partial charge in [0, 0.05) is 4.88 Å². The first-order valence-corrected chi connectivity index (χ1v) is 10.0. The molecule has 1 aromatic carbocycles. The summed E-state index contributed by atoms with van der Waals surface area (Å²) in [6.07, 6.45) is 2.81. The van der Waals surface area contributed by atoms with E-state index < -0.39 is 12.0 Å². The summed E-state index contributed by atoms with van der Waals surface area (Å²) < 4.78 is 10.2. The topological polar surface area (TPSA) is 93.7 Å². The van der Waals surface area contributed by atoms with Gasteiger partial charge in [0.25, 0.3) is 11.8 Å². The van der Waals surface area contributed by atoms with E-state index >= 15 is 0 Å². The molecule has 0 spiro atoms. The number of hydrogen-bond acceptors (Lipinski definition) is 6. The molecule has 1 heterocycles. The molecule has 1 aliphatic rings. The summed E-state index contributed by atoms with van der Waals surface area (Å²) in [7, 11) is 0. The Hall–Kier alpha value is -2.87. The van der Waals surface area contributed by atoms with Crippen LogP contribution in [0.1, 0.15) is 40.6 Å². The molecule has 8 heteroatoms. The van der Waals surface area contributed by atoms with Gasteiger partial charge in [-0.05, 0) is 50.3 Å². The third-order valence-corrected chi connectivity index (χ3v) is 5.46. The number of nitrogens with one attached hydrogen (secondary N) is 2. The van der Waals surface area contributed by atoms with Gasteiger partial charge in [-0.25, -0.2) is 4.79 Å². The first-order valence-electron chi connectivity index (χ1n) is 9.18. The van der Waals surface area contributed by atoms with E-state index in [2.05, 4.69) is 10.6 Å².